The number of fused-ring (bicyclic) bond motifs is 2. The van der Waals surface area contributed by atoms with Crippen LogP contribution in [-0.4, -0.2) is 23.9 Å². The number of hydrogen-bond donors (Lipinski definition) is 4. The maximum absolute atomic E-state index is 5.66. The van der Waals surface area contributed by atoms with Crippen LogP contribution in [0.5, 0.6) is 0 Å². The molecule has 6 rings (SSSR count). The molecule has 4 aromatic rings. The molecular formula is C24H18B2N4S2. The number of thiocarbonyl (C=S) groups is 2. The van der Waals surface area contributed by atoms with Gasteiger partial charge in [0.15, 0.2) is 0 Å². The third-order valence-electron chi connectivity index (χ3n) is 6.05. The molecule has 32 heavy (non-hydrogen) atoms. The predicted molar refractivity (Wildman–Crippen MR) is 143 cm³/mol. The lowest BCUT2D eigenvalue weighted by Crippen LogP contribution is -2.49. The van der Waals surface area contributed by atoms with Crippen LogP contribution in [0.2, 0.25) is 0 Å². The zero-order chi connectivity index (χ0) is 21.7. The van der Waals surface area contributed by atoms with Crippen LogP contribution >= 0.6 is 24.4 Å². The van der Waals surface area contributed by atoms with Gasteiger partial charge in [-0.15, -0.1) is 0 Å². The molecule has 4 aromatic carbocycles. The smallest absolute Gasteiger partial charge is 0.401 e. The summed E-state index contributed by atoms with van der Waals surface area (Å²) in [6.07, 6.45) is 0. The van der Waals surface area contributed by atoms with Crippen molar-refractivity contribution in [3.8, 4) is 0 Å². The molecule has 0 unspecified atom stereocenters. The first-order chi connectivity index (χ1) is 15.7. The molecular weight excluding hydrogens is 430 g/mol. The summed E-state index contributed by atoms with van der Waals surface area (Å²) in [7, 11) is 0. The van der Waals surface area contributed by atoms with E-state index >= 15 is 0 Å². The highest BCUT2D eigenvalue weighted by atomic mass is 32.1. The van der Waals surface area contributed by atoms with Gasteiger partial charge < -0.3 is 20.9 Å². The highest BCUT2D eigenvalue weighted by molar-refractivity contribution is 7.81. The molecule has 8 heteroatoms. The first-order valence-corrected chi connectivity index (χ1v) is 11.3. The molecule has 2 aliphatic rings. The van der Waals surface area contributed by atoms with E-state index in [0.29, 0.717) is 9.98 Å². The molecule has 0 bridgehead atoms. The van der Waals surface area contributed by atoms with Gasteiger partial charge in [0.05, 0.1) is 11.4 Å². The van der Waals surface area contributed by atoms with Crippen molar-refractivity contribution in [3.63, 3.8) is 0 Å². The van der Waals surface area contributed by atoms with E-state index in [9.17, 15) is 0 Å². The Morgan fingerprint density at radius 1 is 0.469 bits per heavy atom. The van der Waals surface area contributed by atoms with E-state index in [1.165, 1.54) is 21.5 Å². The number of benzene rings is 4. The largest absolute Gasteiger partial charge is 0.406 e. The molecule has 0 saturated carbocycles. The number of hydrogen-bond acceptors (Lipinski definition) is 4. The van der Waals surface area contributed by atoms with Crippen LogP contribution in [0.25, 0.3) is 21.5 Å². The Labute approximate surface area is 197 Å². The van der Waals surface area contributed by atoms with Gasteiger partial charge in [-0.2, -0.15) is 0 Å². The standard InChI is InChI=1S/C24H18B2N4S2/c31-23-21(27-25(29-23)19-11-9-15-5-1-3-7-17(15)13-19)22-24(32)30-26(28-22)20-12-10-16-6-2-4-8-18(16)14-20/h1-14,27-28H,(H,29,31)(H,30,32)/b22-21-. The van der Waals surface area contributed by atoms with Gasteiger partial charge in [-0.3, -0.25) is 0 Å². The van der Waals surface area contributed by atoms with E-state index in [4.69, 9.17) is 24.4 Å². The van der Waals surface area contributed by atoms with Crippen molar-refractivity contribution in [2.45, 2.75) is 0 Å². The molecule has 4 N–H and O–H groups in total. The average Bonchev–Trinajstić information content (AvgIpc) is 3.40. The van der Waals surface area contributed by atoms with Crippen molar-refractivity contribution in [1.82, 2.24) is 20.9 Å². The van der Waals surface area contributed by atoms with E-state index < -0.39 is 0 Å². The molecule has 2 saturated heterocycles. The van der Waals surface area contributed by atoms with Crippen LogP contribution in [0, 0.1) is 0 Å². The summed E-state index contributed by atoms with van der Waals surface area (Å²) in [5, 5.41) is 18.7. The van der Waals surface area contributed by atoms with Gasteiger partial charge >= 0.3 is 14.0 Å². The van der Waals surface area contributed by atoms with Crippen LogP contribution in [-0.2, 0) is 0 Å². The Balaban J connectivity index is 1.29. The lowest BCUT2D eigenvalue weighted by molar-refractivity contribution is 1.19. The first-order valence-electron chi connectivity index (χ1n) is 10.5. The fraction of sp³-hybridized carbons (Fsp3) is 0. The molecule has 0 amide bonds. The lowest BCUT2D eigenvalue weighted by atomic mass is 9.69. The summed E-state index contributed by atoms with van der Waals surface area (Å²) in [5.74, 6) is 0. The van der Waals surface area contributed by atoms with E-state index in [0.717, 1.165) is 22.3 Å². The molecule has 0 spiro atoms. The van der Waals surface area contributed by atoms with Gasteiger partial charge in [0.25, 0.3) is 0 Å². The summed E-state index contributed by atoms with van der Waals surface area (Å²) in [5.41, 5.74) is 3.92. The Kier molecular flexibility index (Phi) is 4.63. The number of nitrogens with one attached hydrogen (secondary N) is 4. The van der Waals surface area contributed by atoms with Crippen LogP contribution < -0.4 is 31.8 Å². The highest BCUT2D eigenvalue weighted by Crippen LogP contribution is 2.16. The Morgan fingerprint density at radius 3 is 1.31 bits per heavy atom. The average molecular weight is 448 g/mol. The van der Waals surface area contributed by atoms with Crippen molar-refractivity contribution in [1.29, 1.82) is 0 Å². The minimum Gasteiger partial charge on any atom is -0.401 e. The molecule has 4 nitrogen and oxygen atoms in total. The van der Waals surface area contributed by atoms with Gasteiger partial charge in [-0.1, -0.05) is 109 Å². The van der Waals surface area contributed by atoms with Crippen molar-refractivity contribution in [2.75, 3.05) is 0 Å². The normalized spacial score (nSPS) is 18.0. The van der Waals surface area contributed by atoms with Crippen molar-refractivity contribution < 1.29 is 0 Å². The van der Waals surface area contributed by atoms with Crippen molar-refractivity contribution >= 4 is 80.8 Å². The number of rotatable bonds is 2. The maximum atomic E-state index is 5.66. The van der Waals surface area contributed by atoms with Crippen LogP contribution in [0.3, 0.4) is 0 Å². The minimum atomic E-state index is -0.0982. The Bertz CT molecular complexity index is 1340. The van der Waals surface area contributed by atoms with Gasteiger partial charge in [-0.25, -0.2) is 0 Å². The third-order valence-corrected chi connectivity index (χ3v) is 6.69. The maximum Gasteiger partial charge on any atom is 0.406 e. The second-order valence-corrected chi connectivity index (χ2v) is 8.88. The minimum absolute atomic E-state index is 0.0982. The predicted octanol–water partition coefficient (Wildman–Crippen LogP) is 2.34. The zero-order valence-electron chi connectivity index (χ0n) is 17.1. The fourth-order valence-corrected chi connectivity index (χ4v) is 4.94. The van der Waals surface area contributed by atoms with Crippen molar-refractivity contribution in [3.05, 3.63) is 96.3 Å². The molecule has 0 aliphatic carbocycles. The summed E-state index contributed by atoms with van der Waals surface area (Å²) in [4.78, 5) is 1.32. The molecule has 152 valence electrons. The summed E-state index contributed by atoms with van der Waals surface area (Å²) >= 11 is 11.3. The van der Waals surface area contributed by atoms with E-state index in [1.807, 2.05) is 0 Å². The van der Waals surface area contributed by atoms with Crippen molar-refractivity contribution in [2.24, 2.45) is 0 Å². The SMILES string of the molecule is S=C1NB(c2ccc3ccccc3c2)N/C1=C1\NB(c2ccc3ccccc3c2)NC1=S. The Morgan fingerprint density at radius 2 is 0.875 bits per heavy atom. The first kappa shape index (κ1) is 19.3. The second kappa shape index (κ2) is 7.65. The molecule has 2 heterocycles. The summed E-state index contributed by atoms with van der Waals surface area (Å²) < 4.78 is 0. The topological polar surface area (TPSA) is 48.1 Å². The lowest BCUT2D eigenvalue weighted by Gasteiger charge is -2.10. The van der Waals surface area contributed by atoms with E-state index in [-0.39, 0.29) is 14.0 Å². The molecule has 0 atom stereocenters. The summed E-state index contributed by atoms with van der Waals surface area (Å²) in [6, 6.07) is 29.6. The Hall–Kier alpha value is -3.35. The van der Waals surface area contributed by atoms with Gasteiger partial charge in [0.2, 0.25) is 0 Å². The molecule has 2 fully saturated rings. The van der Waals surface area contributed by atoms with Crippen LogP contribution in [0.15, 0.2) is 96.3 Å². The van der Waals surface area contributed by atoms with E-state index in [2.05, 4.69) is 106 Å². The fourth-order valence-electron chi connectivity index (χ4n) is 4.38. The van der Waals surface area contributed by atoms with Gasteiger partial charge in [-0.05, 0) is 32.5 Å². The van der Waals surface area contributed by atoms with Crippen LogP contribution in [0.4, 0.5) is 0 Å². The van der Waals surface area contributed by atoms with Crippen LogP contribution in [0.1, 0.15) is 0 Å². The molecule has 2 aliphatic heterocycles. The second-order valence-electron chi connectivity index (χ2n) is 8.06. The molecule has 0 radical (unpaired) electrons. The monoisotopic (exact) mass is 448 g/mol. The van der Waals surface area contributed by atoms with Gasteiger partial charge in [0, 0.05) is 0 Å². The quantitative estimate of drug-likeness (QED) is 0.215. The zero-order valence-corrected chi connectivity index (χ0v) is 18.7. The highest BCUT2D eigenvalue weighted by Gasteiger charge is 2.37. The molecule has 0 aromatic heterocycles. The van der Waals surface area contributed by atoms with E-state index in [1.54, 1.807) is 0 Å². The van der Waals surface area contributed by atoms with Gasteiger partial charge in [0.1, 0.15) is 9.98 Å². The summed E-state index contributed by atoms with van der Waals surface area (Å²) in [6.45, 7) is -0.196. The third kappa shape index (κ3) is 3.32.